The molecule has 2 aromatic rings. The monoisotopic (exact) mass is 244 g/mol. The molecule has 1 aliphatic rings. The first-order valence-electron chi connectivity index (χ1n) is 6.72. The third-order valence-electron chi connectivity index (χ3n) is 4.04. The van der Waals surface area contributed by atoms with Crippen molar-refractivity contribution in [3.63, 3.8) is 0 Å². The Morgan fingerprint density at radius 1 is 1.22 bits per heavy atom. The van der Waals surface area contributed by atoms with E-state index >= 15 is 0 Å². The van der Waals surface area contributed by atoms with Crippen LogP contribution in [0.2, 0.25) is 0 Å². The Kier molecular flexibility index (Phi) is 2.73. The van der Waals surface area contributed by atoms with Crippen LogP contribution in [0.5, 0.6) is 0 Å². The van der Waals surface area contributed by atoms with Gasteiger partial charge in [0.15, 0.2) is 0 Å². The Morgan fingerprint density at radius 2 is 1.94 bits per heavy atom. The van der Waals surface area contributed by atoms with Crippen molar-refractivity contribution in [1.82, 2.24) is 14.5 Å². The van der Waals surface area contributed by atoms with Crippen LogP contribution in [0.1, 0.15) is 39.2 Å². The van der Waals surface area contributed by atoms with Gasteiger partial charge in [0.2, 0.25) is 5.95 Å². The average Bonchev–Trinajstić information content (AvgIpc) is 2.63. The fourth-order valence-corrected chi connectivity index (χ4v) is 3.47. The molecule has 3 rings (SSSR count). The summed E-state index contributed by atoms with van der Waals surface area (Å²) in [6.45, 7) is 4.67. The number of aromatic nitrogens is 3. The number of hydrogen-bond acceptors (Lipinski definition) is 3. The summed E-state index contributed by atoms with van der Waals surface area (Å²) in [4.78, 5) is 8.53. The van der Waals surface area contributed by atoms with E-state index < -0.39 is 0 Å². The van der Waals surface area contributed by atoms with E-state index in [-0.39, 0.29) is 0 Å². The molecule has 2 atom stereocenters. The van der Waals surface area contributed by atoms with Crippen molar-refractivity contribution in [3.05, 3.63) is 18.5 Å². The van der Waals surface area contributed by atoms with Gasteiger partial charge in [0.05, 0.1) is 11.7 Å². The predicted octanol–water partition coefficient (Wildman–Crippen LogP) is 3.01. The second kappa shape index (κ2) is 4.26. The molecule has 0 bridgehead atoms. The van der Waals surface area contributed by atoms with Crippen LogP contribution < -0.4 is 5.73 Å². The van der Waals surface area contributed by atoms with Crippen LogP contribution in [0.25, 0.3) is 11.0 Å². The highest BCUT2D eigenvalue weighted by Gasteiger charge is 2.27. The Morgan fingerprint density at radius 3 is 2.67 bits per heavy atom. The Balaban J connectivity index is 2.05. The minimum Gasteiger partial charge on any atom is -0.369 e. The number of nitrogens with zero attached hydrogens (tertiary/aromatic N) is 3. The molecule has 0 radical (unpaired) electrons. The third kappa shape index (κ3) is 1.85. The van der Waals surface area contributed by atoms with Gasteiger partial charge in [0, 0.05) is 12.2 Å². The summed E-state index contributed by atoms with van der Waals surface area (Å²) in [5.41, 5.74) is 8.12. The summed E-state index contributed by atoms with van der Waals surface area (Å²) < 4.78 is 2.21. The SMILES string of the molecule is CC1CC(C)CC(n2c(N)nc3cnccc32)C1. The second-order valence-electron chi connectivity index (χ2n) is 5.78. The van der Waals surface area contributed by atoms with Crippen molar-refractivity contribution in [1.29, 1.82) is 0 Å². The van der Waals surface area contributed by atoms with Gasteiger partial charge < -0.3 is 10.3 Å². The minimum atomic E-state index is 0.483. The molecule has 1 fully saturated rings. The van der Waals surface area contributed by atoms with Crippen LogP contribution in [-0.4, -0.2) is 14.5 Å². The molecule has 2 heterocycles. The van der Waals surface area contributed by atoms with Crippen molar-refractivity contribution in [3.8, 4) is 0 Å². The van der Waals surface area contributed by atoms with Crippen molar-refractivity contribution >= 4 is 17.0 Å². The summed E-state index contributed by atoms with van der Waals surface area (Å²) in [5.74, 6) is 2.15. The number of pyridine rings is 1. The maximum Gasteiger partial charge on any atom is 0.201 e. The highest BCUT2D eigenvalue weighted by molar-refractivity contribution is 5.77. The molecule has 0 saturated heterocycles. The van der Waals surface area contributed by atoms with Gasteiger partial charge in [-0.1, -0.05) is 13.8 Å². The van der Waals surface area contributed by atoms with Gasteiger partial charge in [-0.3, -0.25) is 4.98 Å². The second-order valence-corrected chi connectivity index (χ2v) is 5.78. The lowest BCUT2D eigenvalue weighted by Gasteiger charge is -2.33. The van der Waals surface area contributed by atoms with E-state index in [0.717, 1.165) is 22.9 Å². The zero-order chi connectivity index (χ0) is 12.7. The predicted molar refractivity (Wildman–Crippen MR) is 73.2 cm³/mol. The van der Waals surface area contributed by atoms with Crippen molar-refractivity contribution in [2.24, 2.45) is 11.8 Å². The molecule has 4 heteroatoms. The lowest BCUT2D eigenvalue weighted by Crippen LogP contribution is -2.23. The number of fused-ring (bicyclic) bond motifs is 1. The van der Waals surface area contributed by atoms with E-state index in [9.17, 15) is 0 Å². The molecule has 2 N–H and O–H groups in total. The topological polar surface area (TPSA) is 56.7 Å². The van der Waals surface area contributed by atoms with Crippen LogP contribution >= 0.6 is 0 Å². The van der Waals surface area contributed by atoms with Gasteiger partial charge in [0.1, 0.15) is 5.52 Å². The Bertz CT molecular complexity index is 550. The van der Waals surface area contributed by atoms with E-state index in [0.29, 0.717) is 12.0 Å². The lowest BCUT2D eigenvalue weighted by atomic mass is 9.80. The fraction of sp³-hybridized carbons (Fsp3) is 0.571. The van der Waals surface area contributed by atoms with Crippen molar-refractivity contribution < 1.29 is 0 Å². The van der Waals surface area contributed by atoms with Crippen molar-refractivity contribution in [2.45, 2.75) is 39.2 Å². The normalized spacial score (nSPS) is 28.7. The molecular formula is C14H20N4. The minimum absolute atomic E-state index is 0.483. The maximum atomic E-state index is 6.10. The smallest absolute Gasteiger partial charge is 0.201 e. The zero-order valence-electron chi connectivity index (χ0n) is 11.0. The Hall–Kier alpha value is -1.58. The number of rotatable bonds is 1. The molecule has 4 nitrogen and oxygen atoms in total. The number of imidazole rings is 1. The molecule has 0 amide bonds. The van der Waals surface area contributed by atoms with Crippen molar-refractivity contribution in [2.75, 3.05) is 5.73 Å². The maximum absolute atomic E-state index is 6.10. The van der Waals surface area contributed by atoms with Gasteiger partial charge in [-0.2, -0.15) is 0 Å². The molecule has 0 aromatic carbocycles. The zero-order valence-corrected chi connectivity index (χ0v) is 11.0. The molecule has 96 valence electrons. The number of nitrogen functional groups attached to an aromatic ring is 1. The van der Waals surface area contributed by atoms with E-state index in [1.807, 2.05) is 12.3 Å². The largest absolute Gasteiger partial charge is 0.369 e. The first-order chi connectivity index (χ1) is 8.65. The lowest BCUT2D eigenvalue weighted by molar-refractivity contribution is 0.226. The van der Waals surface area contributed by atoms with Gasteiger partial charge in [0.25, 0.3) is 0 Å². The van der Waals surface area contributed by atoms with Gasteiger partial charge in [-0.25, -0.2) is 4.98 Å². The first-order valence-corrected chi connectivity index (χ1v) is 6.72. The Labute approximate surface area is 107 Å². The molecule has 0 aliphatic heterocycles. The van der Waals surface area contributed by atoms with E-state index in [2.05, 4.69) is 28.4 Å². The molecule has 1 aliphatic carbocycles. The highest BCUT2D eigenvalue weighted by Crippen LogP contribution is 2.38. The molecular weight excluding hydrogens is 224 g/mol. The summed E-state index contributed by atoms with van der Waals surface area (Å²) >= 11 is 0. The summed E-state index contributed by atoms with van der Waals surface area (Å²) in [7, 11) is 0. The van der Waals surface area contributed by atoms with Gasteiger partial charge >= 0.3 is 0 Å². The molecule has 2 unspecified atom stereocenters. The number of hydrogen-bond donors (Lipinski definition) is 1. The first kappa shape index (κ1) is 11.5. The van der Waals surface area contributed by atoms with Crippen LogP contribution in [-0.2, 0) is 0 Å². The average molecular weight is 244 g/mol. The fourth-order valence-electron chi connectivity index (χ4n) is 3.47. The third-order valence-corrected chi connectivity index (χ3v) is 4.04. The summed E-state index contributed by atoms with van der Waals surface area (Å²) in [6, 6.07) is 2.50. The van der Waals surface area contributed by atoms with Crippen LogP contribution in [0.3, 0.4) is 0 Å². The molecule has 0 spiro atoms. The van der Waals surface area contributed by atoms with Gasteiger partial charge in [-0.15, -0.1) is 0 Å². The molecule has 2 aromatic heterocycles. The van der Waals surface area contributed by atoms with Gasteiger partial charge in [-0.05, 0) is 37.2 Å². The van der Waals surface area contributed by atoms with E-state index in [1.54, 1.807) is 6.20 Å². The number of nitrogens with two attached hydrogens (primary N) is 1. The van der Waals surface area contributed by atoms with E-state index in [1.165, 1.54) is 19.3 Å². The highest BCUT2D eigenvalue weighted by atomic mass is 15.2. The quantitative estimate of drug-likeness (QED) is 0.839. The number of anilines is 1. The summed E-state index contributed by atoms with van der Waals surface area (Å²) in [5, 5.41) is 0. The molecule has 18 heavy (non-hydrogen) atoms. The summed E-state index contributed by atoms with van der Waals surface area (Å²) in [6.07, 6.45) is 7.32. The van der Waals surface area contributed by atoms with Crippen LogP contribution in [0.15, 0.2) is 18.5 Å². The van der Waals surface area contributed by atoms with Crippen LogP contribution in [0, 0.1) is 11.8 Å². The molecule has 1 saturated carbocycles. The van der Waals surface area contributed by atoms with Crippen LogP contribution in [0.4, 0.5) is 5.95 Å². The van der Waals surface area contributed by atoms with E-state index in [4.69, 9.17) is 5.73 Å². The standard InChI is InChI=1S/C14H20N4/c1-9-5-10(2)7-11(6-9)18-13-3-4-16-8-12(13)17-14(18)15/h3-4,8-11H,5-7H2,1-2H3,(H2,15,17).